The number of benzene rings is 1. The van der Waals surface area contributed by atoms with E-state index in [9.17, 15) is 0 Å². The van der Waals surface area contributed by atoms with Crippen LogP contribution in [0.3, 0.4) is 0 Å². The minimum atomic E-state index is 0. The van der Waals surface area contributed by atoms with Gasteiger partial charge in [0.05, 0.1) is 6.07 Å². The van der Waals surface area contributed by atoms with Crippen LogP contribution in [0.4, 0.5) is 0 Å². The molecule has 0 bridgehead atoms. The summed E-state index contributed by atoms with van der Waals surface area (Å²) >= 11 is 0. The lowest BCUT2D eigenvalue weighted by Crippen LogP contribution is -1.82. The summed E-state index contributed by atoms with van der Waals surface area (Å²) < 4.78 is 0. The summed E-state index contributed by atoms with van der Waals surface area (Å²) in [6, 6.07) is 12.4. The Bertz CT molecular complexity index is 238. The third-order valence-electron chi connectivity index (χ3n) is 1.60. The van der Waals surface area contributed by atoms with Gasteiger partial charge in [-0.1, -0.05) is 30.3 Å². The van der Waals surface area contributed by atoms with Crippen molar-refractivity contribution in [1.29, 1.82) is 5.26 Å². The summed E-state index contributed by atoms with van der Waals surface area (Å²) in [4.78, 5) is 0. The van der Waals surface area contributed by atoms with E-state index in [-0.39, 0.29) is 12.4 Å². The number of hydrogen-bond acceptors (Lipinski definition) is 1. The second-order valence-corrected chi connectivity index (χ2v) is 2.50. The van der Waals surface area contributed by atoms with Gasteiger partial charge in [-0.3, -0.25) is 0 Å². The first kappa shape index (κ1) is 11.0. The molecule has 1 nitrogen and oxygen atoms in total. The molecule has 0 spiro atoms. The van der Waals surface area contributed by atoms with E-state index in [0.29, 0.717) is 6.42 Å². The zero-order valence-electron chi connectivity index (χ0n) is 6.86. The molecule has 0 N–H and O–H groups in total. The Balaban J connectivity index is 0.00000121. The molecule has 0 heterocycles. The summed E-state index contributed by atoms with van der Waals surface area (Å²) in [5.74, 6) is 0. The summed E-state index contributed by atoms with van der Waals surface area (Å²) in [6.45, 7) is 0. The van der Waals surface area contributed by atoms with Gasteiger partial charge in [0.15, 0.2) is 0 Å². The van der Waals surface area contributed by atoms with Gasteiger partial charge in [-0.25, -0.2) is 0 Å². The highest BCUT2D eigenvalue weighted by molar-refractivity contribution is 5.85. The van der Waals surface area contributed by atoms with Gasteiger partial charge in [0.1, 0.15) is 0 Å². The van der Waals surface area contributed by atoms with Gasteiger partial charge < -0.3 is 0 Å². The van der Waals surface area contributed by atoms with Crippen LogP contribution in [0.2, 0.25) is 0 Å². The first-order valence-corrected chi connectivity index (χ1v) is 3.84. The number of hydrogen-bond donors (Lipinski definition) is 0. The maximum absolute atomic E-state index is 8.29. The molecule has 1 rings (SSSR count). The van der Waals surface area contributed by atoms with E-state index >= 15 is 0 Å². The largest absolute Gasteiger partial charge is 0.198 e. The van der Waals surface area contributed by atoms with Crippen molar-refractivity contribution in [1.82, 2.24) is 0 Å². The predicted molar refractivity (Wildman–Crippen MR) is 52.2 cm³/mol. The van der Waals surface area contributed by atoms with E-state index in [1.165, 1.54) is 5.56 Å². The molecule has 1 aromatic carbocycles. The van der Waals surface area contributed by atoms with Crippen LogP contribution in [0, 0.1) is 11.3 Å². The monoisotopic (exact) mass is 181 g/mol. The lowest BCUT2D eigenvalue weighted by Gasteiger charge is -1.95. The van der Waals surface area contributed by atoms with Crippen molar-refractivity contribution in [2.75, 3.05) is 0 Å². The molecule has 0 aliphatic heterocycles. The molecule has 0 amide bonds. The molecule has 64 valence electrons. The van der Waals surface area contributed by atoms with Gasteiger partial charge in [0.25, 0.3) is 0 Å². The second-order valence-electron chi connectivity index (χ2n) is 2.50. The highest BCUT2D eigenvalue weighted by atomic mass is 35.5. The third-order valence-corrected chi connectivity index (χ3v) is 1.60. The fraction of sp³-hybridized carbons (Fsp3) is 0.300. The molecule has 0 aliphatic carbocycles. The van der Waals surface area contributed by atoms with Crippen molar-refractivity contribution in [3.8, 4) is 6.07 Å². The molecule has 0 unspecified atom stereocenters. The number of aryl methyl sites for hydroxylation is 1. The number of halogens is 1. The Morgan fingerprint density at radius 3 is 2.42 bits per heavy atom. The highest BCUT2D eigenvalue weighted by Crippen LogP contribution is 2.03. The van der Waals surface area contributed by atoms with E-state index in [2.05, 4.69) is 18.2 Å². The molecule has 2 heteroatoms. The summed E-state index contributed by atoms with van der Waals surface area (Å²) in [5.41, 5.74) is 1.32. The van der Waals surface area contributed by atoms with E-state index in [4.69, 9.17) is 5.26 Å². The van der Waals surface area contributed by atoms with Crippen molar-refractivity contribution in [3.05, 3.63) is 35.9 Å². The van der Waals surface area contributed by atoms with Crippen LogP contribution in [-0.2, 0) is 6.42 Å². The summed E-state index contributed by atoms with van der Waals surface area (Å²) in [6.07, 6.45) is 2.66. The van der Waals surface area contributed by atoms with Gasteiger partial charge in [0.2, 0.25) is 0 Å². The van der Waals surface area contributed by atoms with Crippen LogP contribution < -0.4 is 0 Å². The van der Waals surface area contributed by atoms with Crippen molar-refractivity contribution < 1.29 is 0 Å². The Morgan fingerprint density at radius 1 is 1.17 bits per heavy atom. The van der Waals surface area contributed by atoms with Crippen LogP contribution in [0.25, 0.3) is 0 Å². The fourth-order valence-corrected chi connectivity index (χ4v) is 1.02. The minimum Gasteiger partial charge on any atom is -0.198 e. The molecule has 0 atom stereocenters. The van der Waals surface area contributed by atoms with Gasteiger partial charge in [-0.2, -0.15) is 5.26 Å². The van der Waals surface area contributed by atoms with Crippen molar-refractivity contribution in [2.24, 2.45) is 0 Å². The topological polar surface area (TPSA) is 23.8 Å². The van der Waals surface area contributed by atoms with Crippen molar-refractivity contribution in [2.45, 2.75) is 19.3 Å². The van der Waals surface area contributed by atoms with Crippen molar-refractivity contribution in [3.63, 3.8) is 0 Å². The predicted octanol–water partition coefficient (Wildman–Crippen LogP) is 2.95. The zero-order chi connectivity index (χ0) is 7.94. The molecule has 0 saturated heterocycles. The van der Waals surface area contributed by atoms with Crippen LogP contribution in [-0.4, -0.2) is 0 Å². The summed E-state index contributed by atoms with van der Waals surface area (Å²) in [7, 11) is 0. The molecular weight excluding hydrogens is 170 g/mol. The standard InChI is InChI=1S/C10H11N.ClH/c11-9-5-4-8-10-6-2-1-3-7-10;/h1-3,6-7H,4-5,8H2;1H. The van der Waals surface area contributed by atoms with E-state index in [0.717, 1.165) is 12.8 Å². The van der Waals surface area contributed by atoms with E-state index in [1.807, 2.05) is 18.2 Å². The van der Waals surface area contributed by atoms with Crippen molar-refractivity contribution >= 4 is 12.4 Å². The van der Waals surface area contributed by atoms with E-state index in [1.54, 1.807) is 0 Å². The average molecular weight is 182 g/mol. The minimum absolute atomic E-state index is 0. The smallest absolute Gasteiger partial charge is 0.0621 e. The molecular formula is C10H12ClN. The third kappa shape index (κ3) is 4.00. The molecule has 0 aromatic heterocycles. The fourth-order valence-electron chi connectivity index (χ4n) is 1.02. The Hall–Kier alpha value is -1.00. The SMILES string of the molecule is Cl.N#CCCCc1ccccc1. The number of nitrogens with zero attached hydrogens (tertiary/aromatic N) is 1. The van der Waals surface area contributed by atoms with Gasteiger partial charge >= 0.3 is 0 Å². The van der Waals surface area contributed by atoms with Gasteiger partial charge in [0, 0.05) is 6.42 Å². The quantitative estimate of drug-likeness (QED) is 0.658. The van der Waals surface area contributed by atoms with Gasteiger partial charge in [-0.15, -0.1) is 12.4 Å². The molecule has 0 fully saturated rings. The first-order chi connectivity index (χ1) is 5.43. The Morgan fingerprint density at radius 2 is 1.83 bits per heavy atom. The zero-order valence-corrected chi connectivity index (χ0v) is 7.68. The molecule has 0 saturated carbocycles. The molecule has 0 radical (unpaired) electrons. The highest BCUT2D eigenvalue weighted by Gasteiger charge is 1.89. The lowest BCUT2D eigenvalue weighted by atomic mass is 10.1. The lowest BCUT2D eigenvalue weighted by molar-refractivity contribution is 0.850. The number of unbranched alkanes of at least 4 members (excludes halogenated alkanes) is 1. The van der Waals surface area contributed by atoms with Crippen LogP contribution in [0.1, 0.15) is 18.4 Å². The number of nitriles is 1. The van der Waals surface area contributed by atoms with Crippen LogP contribution in [0.5, 0.6) is 0 Å². The maximum Gasteiger partial charge on any atom is 0.0621 e. The van der Waals surface area contributed by atoms with Crippen LogP contribution in [0.15, 0.2) is 30.3 Å². The second kappa shape index (κ2) is 6.69. The van der Waals surface area contributed by atoms with Crippen LogP contribution >= 0.6 is 12.4 Å². The normalized spacial score (nSPS) is 8.25. The Kier molecular flexibility index (Phi) is 6.14. The summed E-state index contributed by atoms with van der Waals surface area (Å²) in [5, 5.41) is 8.29. The average Bonchev–Trinajstić information content (AvgIpc) is 2.07. The van der Waals surface area contributed by atoms with Gasteiger partial charge in [-0.05, 0) is 18.4 Å². The number of rotatable bonds is 3. The molecule has 1 aromatic rings. The first-order valence-electron chi connectivity index (χ1n) is 3.84. The molecule has 12 heavy (non-hydrogen) atoms. The Labute approximate surface area is 79.4 Å². The molecule has 0 aliphatic rings. The maximum atomic E-state index is 8.29. The van der Waals surface area contributed by atoms with E-state index < -0.39 is 0 Å².